The van der Waals surface area contributed by atoms with E-state index in [1.54, 1.807) is 20.8 Å². The number of aromatic nitrogens is 2. The molecule has 0 saturated carbocycles. The maximum atomic E-state index is 13.7. The molecule has 1 unspecified atom stereocenters. The van der Waals surface area contributed by atoms with Gasteiger partial charge in [0.05, 0.1) is 0 Å². The minimum absolute atomic E-state index is 0.00145. The van der Waals surface area contributed by atoms with E-state index in [2.05, 4.69) is 10.4 Å². The lowest BCUT2D eigenvalue weighted by Gasteiger charge is -2.33. The standard InChI is InChI=1S/C17H20F3N3O2/c1-15(2,3)25-14(24)22-13-8-6-12(7-9-13)16(4,17(18,19)20)23-11-5-10-21-23/h5-11H,1-4H3,(H,22,24). The van der Waals surface area contributed by atoms with E-state index >= 15 is 0 Å². The van der Waals surface area contributed by atoms with Gasteiger partial charge in [-0.1, -0.05) is 12.1 Å². The van der Waals surface area contributed by atoms with Crippen LogP contribution < -0.4 is 5.32 Å². The summed E-state index contributed by atoms with van der Waals surface area (Å²) in [5.74, 6) is 0. The van der Waals surface area contributed by atoms with Crippen molar-refractivity contribution >= 4 is 11.8 Å². The number of rotatable bonds is 3. The smallest absolute Gasteiger partial charge is 0.417 e. The normalized spacial score (nSPS) is 14.7. The molecule has 2 aromatic rings. The number of carbonyl (C=O) groups excluding carboxylic acids is 1. The van der Waals surface area contributed by atoms with Gasteiger partial charge in [0.15, 0.2) is 5.54 Å². The molecule has 1 aromatic heterocycles. The molecule has 0 saturated heterocycles. The van der Waals surface area contributed by atoms with Crippen molar-refractivity contribution < 1.29 is 22.7 Å². The van der Waals surface area contributed by atoms with Gasteiger partial charge >= 0.3 is 12.3 Å². The van der Waals surface area contributed by atoms with Crippen LogP contribution in [0.2, 0.25) is 0 Å². The number of nitrogens with zero attached hydrogens (tertiary/aromatic N) is 2. The summed E-state index contributed by atoms with van der Waals surface area (Å²) in [4.78, 5) is 11.7. The Labute approximate surface area is 143 Å². The van der Waals surface area contributed by atoms with Crippen LogP contribution in [0.5, 0.6) is 0 Å². The van der Waals surface area contributed by atoms with Crippen LogP contribution in [0.25, 0.3) is 0 Å². The molecule has 136 valence electrons. The molecule has 0 radical (unpaired) electrons. The fourth-order valence-corrected chi connectivity index (χ4v) is 2.26. The van der Waals surface area contributed by atoms with Gasteiger partial charge in [-0.05, 0) is 51.5 Å². The number of alkyl halides is 3. The van der Waals surface area contributed by atoms with Crippen molar-refractivity contribution in [2.24, 2.45) is 0 Å². The predicted molar refractivity (Wildman–Crippen MR) is 87.3 cm³/mol. The molecule has 25 heavy (non-hydrogen) atoms. The van der Waals surface area contributed by atoms with E-state index in [1.807, 2.05) is 0 Å². The summed E-state index contributed by atoms with van der Waals surface area (Å²) in [6.45, 7) is 6.20. The van der Waals surface area contributed by atoms with Gasteiger partial charge in [-0.25, -0.2) is 4.79 Å². The molecule has 1 N–H and O–H groups in total. The first-order valence-corrected chi connectivity index (χ1v) is 7.61. The van der Waals surface area contributed by atoms with Crippen LogP contribution in [0.15, 0.2) is 42.7 Å². The van der Waals surface area contributed by atoms with E-state index in [4.69, 9.17) is 4.74 Å². The molecule has 0 aliphatic rings. The average Bonchev–Trinajstić information content (AvgIpc) is 2.98. The summed E-state index contributed by atoms with van der Waals surface area (Å²) in [6.07, 6.45) is -2.67. The Morgan fingerprint density at radius 1 is 1.12 bits per heavy atom. The molecule has 1 amide bonds. The Bertz CT molecular complexity index is 719. The second kappa shape index (κ2) is 6.42. The molecular formula is C17H20F3N3O2. The largest absolute Gasteiger partial charge is 0.444 e. The van der Waals surface area contributed by atoms with Crippen LogP contribution in [0.4, 0.5) is 23.7 Å². The number of halogens is 3. The third kappa shape index (κ3) is 4.12. The second-order valence-electron chi connectivity index (χ2n) is 6.72. The number of amides is 1. The SMILES string of the molecule is CC(C)(C)OC(=O)Nc1ccc(C(C)(n2cccn2)C(F)(F)F)cc1. The molecule has 0 fully saturated rings. The van der Waals surface area contributed by atoms with E-state index in [-0.39, 0.29) is 5.56 Å². The van der Waals surface area contributed by atoms with Crippen molar-refractivity contribution in [2.75, 3.05) is 5.32 Å². The molecule has 0 bridgehead atoms. The lowest BCUT2D eigenvalue weighted by atomic mass is 9.91. The van der Waals surface area contributed by atoms with E-state index in [0.29, 0.717) is 5.69 Å². The molecule has 0 aliphatic carbocycles. The van der Waals surface area contributed by atoms with Gasteiger partial charge in [0, 0.05) is 18.1 Å². The Morgan fingerprint density at radius 2 is 1.72 bits per heavy atom. The third-order valence-electron chi connectivity index (χ3n) is 3.61. The highest BCUT2D eigenvalue weighted by molar-refractivity contribution is 5.84. The minimum Gasteiger partial charge on any atom is -0.444 e. The Balaban J connectivity index is 2.27. The van der Waals surface area contributed by atoms with Gasteiger partial charge in [0.2, 0.25) is 0 Å². The van der Waals surface area contributed by atoms with Crippen molar-refractivity contribution in [2.45, 2.75) is 45.0 Å². The van der Waals surface area contributed by atoms with Crippen LogP contribution in [0, 0.1) is 0 Å². The van der Waals surface area contributed by atoms with Gasteiger partial charge < -0.3 is 4.74 Å². The van der Waals surface area contributed by atoms with Gasteiger partial charge in [0.1, 0.15) is 5.60 Å². The Morgan fingerprint density at radius 3 is 2.16 bits per heavy atom. The zero-order valence-corrected chi connectivity index (χ0v) is 14.4. The first-order valence-electron chi connectivity index (χ1n) is 7.61. The molecule has 8 heteroatoms. The third-order valence-corrected chi connectivity index (χ3v) is 3.61. The zero-order chi connectivity index (χ0) is 18.9. The second-order valence-corrected chi connectivity index (χ2v) is 6.72. The number of nitrogens with one attached hydrogen (secondary N) is 1. The first kappa shape index (κ1) is 18.8. The molecule has 2 rings (SSSR count). The highest BCUT2D eigenvalue weighted by Crippen LogP contribution is 2.41. The van der Waals surface area contributed by atoms with Crippen LogP contribution in [-0.2, 0) is 10.3 Å². The summed E-state index contributed by atoms with van der Waals surface area (Å²) in [7, 11) is 0. The van der Waals surface area contributed by atoms with Crippen molar-refractivity contribution in [1.82, 2.24) is 9.78 Å². The summed E-state index contributed by atoms with van der Waals surface area (Å²) < 4.78 is 47.1. The zero-order valence-electron chi connectivity index (χ0n) is 14.4. The molecule has 1 aromatic carbocycles. The average molecular weight is 355 g/mol. The van der Waals surface area contributed by atoms with Gasteiger partial charge in [-0.3, -0.25) is 10.00 Å². The predicted octanol–water partition coefficient (Wildman–Crippen LogP) is 4.56. The summed E-state index contributed by atoms with van der Waals surface area (Å²) in [5.41, 5.74) is -2.65. The summed E-state index contributed by atoms with van der Waals surface area (Å²) in [6, 6.07) is 6.84. The minimum atomic E-state index is -4.56. The number of ether oxygens (including phenoxy) is 1. The molecular weight excluding hydrogens is 335 g/mol. The monoisotopic (exact) mass is 355 g/mol. The number of hydrogen-bond donors (Lipinski definition) is 1. The summed E-state index contributed by atoms with van der Waals surface area (Å²) >= 11 is 0. The van der Waals surface area contributed by atoms with Crippen molar-refractivity contribution in [3.05, 3.63) is 48.3 Å². The lowest BCUT2D eigenvalue weighted by Crippen LogP contribution is -2.46. The first-order chi connectivity index (χ1) is 11.4. The quantitative estimate of drug-likeness (QED) is 0.878. The Kier molecular flexibility index (Phi) is 4.83. The molecule has 5 nitrogen and oxygen atoms in total. The number of benzene rings is 1. The maximum absolute atomic E-state index is 13.7. The van der Waals surface area contributed by atoms with Crippen LogP contribution in [0.1, 0.15) is 33.3 Å². The fourth-order valence-electron chi connectivity index (χ4n) is 2.26. The van der Waals surface area contributed by atoms with Gasteiger partial charge in [-0.2, -0.15) is 18.3 Å². The van der Waals surface area contributed by atoms with Crippen LogP contribution in [0.3, 0.4) is 0 Å². The van der Waals surface area contributed by atoms with Crippen LogP contribution in [-0.4, -0.2) is 27.7 Å². The topological polar surface area (TPSA) is 56.1 Å². The molecule has 0 spiro atoms. The van der Waals surface area contributed by atoms with Crippen LogP contribution >= 0.6 is 0 Å². The van der Waals surface area contributed by atoms with E-state index in [0.717, 1.165) is 11.6 Å². The number of anilines is 1. The highest BCUT2D eigenvalue weighted by Gasteiger charge is 2.54. The fraction of sp³-hybridized carbons (Fsp3) is 0.412. The van der Waals surface area contributed by atoms with Crippen molar-refractivity contribution in [3.63, 3.8) is 0 Å². The number of carbonyl (C=O) groups is 1. The molecule has 0 aliphatic heterocycles. The van der Waals surface area contributed by atoms with Gasteiger partial charge in [0.25, 0.3) is 0 Å². The molecule has 1 atom stereocenters. The lowest BCUT2D eigenvalue weighted by molar-refractivity contribution is -0.197. The number of hydrogen-bond acceptors (Lipinski definition) is 3. The van der Waals surface area contributed by atoms with E-state index in [9.17, 15) is 18.0 Å². The van der Waals surface area contributed by atoms with Gasteiger partial charge in [-0.15, -0.1) is 0 Å². The van der Waals surface area contributed by atoms with E-state index in [1.165, 1.54) is 42.7 Å². The van der Waals surface area contributed by atoms with Crippen molar-refractivity contribution in [3.8, 4) is 0 Å². The van der Waals surface area contributed by atoms with Crippen molar-refractivity contribution in [1.29, 1.82) is 0 Å². The Hall–Kier alpha value is -2.51. The maximum Gasteiger partial charge on any atom is 0.417 e. The summed E-state index contributed by atoms with van der Waals surface area (Å²) in [5, 5.41) is 6.24. The highest BCUT2D eigenvalue weighted by atomic mass is 19.4. The van der Waals surface area contributed by atoms with E-state index < -0.39 is 23.4 Å². The molecule has 1 heterocycles.